The van der Waals surface area contributed by atoms with Gasteiger partial charge in [-0.25, -0.2) is 0 Å². The highest BCUT2D eigenvalue weighted by atomic mass is 14.9. The average molecular weight is 165 g/mol. The Morgan fingerprint density at radius 2 is 1.75 bits per heavy atom. The summed E-state index contributed by atoms with van der Waals surface area (Å²) in [5, 5.41) is 3.56. The van der Waals surface area contributed by atoms with Crippen LogP contribution < -0.4 is 5.32 Å². The molecule has 1 heteroatoms. The fraction of sp³-hybridized carbons (Fsp3) is 0.818. The predicted octanol–water partition coefficient (Wildman–Crippen LogP) is 2.98. The molecule has 2 aliphatic carbocycles. The minimum Gasteiger partial charge on any atom is -0.388 e. The van der Waals surface area contributed by atoms with E-state index in [9.17, 15) is 0 Å². The number of nitrogens with one attached hydrogen (secondary N) is 1. The van der Waals surface area contributed by atoms with Crippen LogP contribution in [0.2, 0.25) is 0 Å². The summed E-state index contributed by atoms with van der Waals surface area (Å²) < 4.78 is 0. The SMILES string of the molecule is C(NC1CCCCC1)=C1CCC1. The lowest BCUT2D eigenvalue weighted by Crippen LogP contribution is -2.27. The maximum Gasteiger partial charge on any atom is 0.0255 e. The minimum absolute atomic E-state index is 0.798. The van der Waals surface area contributed by atoms with Crippen LogP contribution >= 0.6 is 0 Å². The molecule has 0 heterocycles. The molecule has 68 valence electrons. The van der Waals surface area contributed by atoms with Crippen LogP contribution in [-0.2, 0) is 0 Å². The quantitative estimate of drug-likeness (QED) is 0.663. The molecule has 0 amide bonds. The molecule has 0 unspecified atom stereocenters. The fourth-order valence-corrected chi connectivity index (χ4v) is 2.03. The van der Waals surface area contributed by atoms with Gasteiger partial charge in [0.15, 0.2) is 0 Å². The first kappa shape index (κ1) is 8.15. The van der Waals surface area contributed by atoms with E-state index < -0.39 is 0 Å². The van der Waals surface area contributed by atoms with Crippen molar-refractivity contribution in [1.82, 2.24) is 5.32 Å². The molecule has 0 aromatic heterocycles. The molecule has 1 N–H and O–H groups in total. The molecular weight excluding hydrogens is 146 g/mol. The lowest BCUT2D eigenvalue weighted by molar-refractivity contribution is 0.402. The zero-order valence-electron chi connectivity index (χ0n) is 7.81. The van der Waals surface area contributed by atoms with E-state index in [0.717, 1.165) is 6.04 Å². The lowest BCUT2D eigenvalue weighted by Gasteiger charge is -2.24. The highest BCUT2D eigenvalue weighted by molar-refractivity contribution is 5.08. The van der Waals surface area contributed by atoms with Gasteiger partial charge in [0.25, 0.3) is 0 Å². The van der Waals surface area contributed by atoms with Crippen molar-refractivity contribution in [1.29, 1.82) is 0 Å². The topological polar surface area (TPSA) is 12.0 Å². The van der Waals surface area contributed by atoms with Gasteiger partial charge in [-0.2, -0.15) is 0 Å². The molecule has 12 heavy (non-hydrogen) atoms. The lowest BCUT2D eigenvalue weighted by atomic mass is 9.92. The summed E-state index contributed by atoms with van der Waals surface area (Å²) in [4.78, 5) is 0. The normalized spacial score (nSPS) is 24.8. The summed E-state index contributed by atoms with van der Waals surface area (Å²) in [7, 11) is 0. The molecule has 2 saturated carbocycles. The van der Waals surface area contributed by atoms with Crippen molar-refractivity contribution in [3.63, 3.8) is 0 Å². The third-order valence-corrected chi connectivity index (χ3v) is 3.12. The first-order valence-electron chi connectivity index (χ1n) is 5.39. The summed E-state index contributed by atoms with van der Waals surface area (Å²) in [6.45, 7) is 0. The second-order valence-corrected chi connectivity index (χ2v) is 4.16. The predicted molar refractivity (Wildman–Crippen MR) is 51.9 cm³/mol. The van der Waals surface area contributed by atoms with Crippen LogP contribution in [0.25, 0.3) is 0 Å². The van der Waals surface area contributed by atoms with Crippen LogP contribution in [0.15, 0.2) is 11.8 Å². The largest absolute Gasteiger partial charge is 0.388 e. The average Bonchev–Trinajstić information content (AvgIpc) is 2.04. The van der Waals surface area contributed by atoms with E-state index in [2.05, 4.69) is 11.5 Å². The molecule has 0 aromatic rings. The molecule has 0 spiro atoms. The van der Waals surface area contributed by atoms with Crippen LogP contribution in [-0.4, -0.2) is 6.04 Å². The van der Waals surface area contributed by atoms with Gasteiger partial charge in [-0.3, -0.25) is 0 Å². The van der Waals surface area contributed by atoms with Crippen molar-refractivity contribution in [3.05, 3.63) is 11.8 Å². The van der Waals surface area contributed by atoms with Gasteiger partial charge in [0.1, 0.15) is 0 Å². The summed E-state index contributed by atoms with van der Waals surface area (Å²) in [5.41, 5.74) is 1.64. The van der Waals surface area contributed by atoms with Crippen LogP contribution in [0.4, 0.5) is 0 Å². The Morgan fingerprint density at radius 3 is 2.33 bits per heavy atom. The fourth-order valence-electron chi connectivity index (χ4n) is 2.03. The molecular formula is C11H19N. The summed E-state index contributed by atoms with van der Waals surface area (Å²) in [6.07, 6.45) is 13.5. The van der Waals surface area contributed by atoms with E-state index in [4.69, 9.17) is 0 Å². The van der Waals surface area contributed by atoms with Crippen molar-refractivity contribution in [2.75, 3.05) is 0 Å². The third-order valence-electron chi connectivity index (χ3n) is 3.12. The second-order valence-electron chi connectivity index (χ2n) is 4.16. The van der Waals surface area contributed by atoms with Gasteiger partial charge < -0.3 is 5.32 Å². The number of allylic oxidation sites excluding steroid dienone is 1. The van der Waals surface area contributed by atoms with E-state index in [1.165, 1.54) is 51.4 Å². The van der Waals surface area contributed by atoms with Crippen molar-refractivity contribution >= 4 is 0 Å². The molecule has 0 aromatic carbocycles. The van der Waals surface area contributed by atoms with E-state index in [1.807, 2.05) is 0 Å². The number of hydrogen-bond acceptors (Lipinski definition) is 1. The molecule has 0 radical (unpaired) electrons. The molecule has 0 atom stereocenters. The molecule has 1 nitrogen and oxygen atoms in total. The Hall–Kier alpha value is -0.460. The minimum atomic E-state index is 0.798. The van der Waals surface area contributed by atoms with Crippen molar-refractivity contribution in [2.45, 2.75) is 57.4 Å². The smallest absolute Gasteiger partial charge is 0.0255 e. The Balaban J connectivity index is 1.70. The maximum absolute atomic E-state index is 3.56. The molecule has 2 aliphatic rings. The van der Waals surface area contributed by atoms with Crippen LogP contribution in [0.1, 0.15) is 51.4 Å². The first-order chi connectivity index (χ1) is 5.95. The van der Waals surface area contributed by atoms with E-state index in [-0.39, 0.29) is 0 Å². The van der Waals surface area contributed by atoms with Crippen molar-refractivity contribution < 1.29 is 0 Å². The molecule has 0 aliphatic heterocycles. The second kappa shape index (κ2) is 3.97. The highest BCUT2D eigenvalue weighted by Crippen LogP contribution is 2.25. The van der Waals surface area contributed by atoms with Gasteiger partial charge in [-0.15, -0.1) is 0 Å². The van der Waals surface area contributed by atoms with Crippen LogP contribution in [0.5, 0.6) is 0 Å². The number of hydrogen-bond donors (Lipinski definition) is 1. The van der Waals surface area contributed by atoms with E-state index in [0.29, 0.717) is 0 Å². The summed E-state index contributed by atoms with van der Waals surface area (Å²) >= 11 is 0. The Labute approximate surface area is 75.2 Å². The van der Waals surface area contributed by atoms with Crippen molar-refractivity contribution in [2.24, 2.45) is 0 Å². The molecule has 2 rings (SSSR count). The van der Waals surface area contributed by atoms with E-state index in [1.54, 1.807) is 5.57 Å². The Morgan fingerprint density at radius 1 is 1.00 bits per heavy atom. The summed E-state index contributed by atoms with van der Waals surface area (Å²) in [5.74, 6) is 0. The van der Waals surface area contributed by atoms with Crippen LogP contribution in [0.3, 0.4) is 0 Å². The standard InChI is InChI=1S/C11H19N/c1-2-7-11(8-3-1)12-9-10-5-4-6-10/h9,11-12H,1-8H2. The first-order valence-corrected chi connectivity index (χ1v) is 5.39. The van der Waals surface area contributed by atoms with E-state index >= 15 is 0 Å². The van der Waals surface area contributed by atoms with Gasteiger partial charge in [0, 0.05) is 6.04 Å². The highest BCUT2D eigenvalue weighted by Gasteiger charge is 2.12. The Bertz CT molecular complexity index is 160. The monoisotopic (exact) mass is 165 g/mol. The number of rotatable bonds is 2. The molecule has 2 fully saturated rings. The zero-order valence-corrected chi connectivity index (χ0v) is 7.81. The zero-order chi connectivity index (χ0) is 8.23. The van der Waals surface area contributed by atoms with Crippen molar-refractivity contribution in [3.8, 4) is 0 Å². The summed E-state index contributed by atoms with van der Waals surface area (Å²) in [6, 6.07) is 0.798. The molecule has 0 saturated heterocycles. The van der Waals surface area contributed by atoms with Gasteiger partial charge in [0.2, 0.25) is 0 Å². The Kier molecular flexibility index (Phi) is 2.70. The maximum atomic E-state index is 3.56. The van der Waals surface area contributed by atoms with Gasteiger partial charge in [-0.05, 0) is 38.3 Å². The molecule has 0 bridgehead atoms. The van der Waals surface area contributed by atoms with Gasteiger partial charge >= 0.3 is 0 Å². The van der Waals surface area contributed by atoms with Gasteiger partial charge in [0.05, 0.1) is 0 Å². The van der Waals surface area contributed by atoms with Gasteiger partial charge in [-0.1, -0.05) is 24.8 Å². The third kappa shape index (κ3) is 2.02. The van der Waals surface area contributed by atoms with Crippen LogP contribution in [0, 0.1) is 0 Å².